The van der Waals surface area contributed by atoms with Crippen LogP contribution >= 0.6 is 0 Å². The molecule has 0 saturated carbocycles. The third kappa shape index (κ3) is 3.35. The van der Waals surface area contributed by atoms with E-state index in [1.54, 1.807) is 12.1 Å². The van der Waals surface area contributed by atoms with Crippen LogP contribution in [0.1, 0.15) is 13.4 Å². The average Bonchev–Trinajstić information content (AvgIpc) is 2.15. The van der Waals surface area contributed by atoms with Crippen molar-refractivity contribution in [1.29, 1.82) is 0 Å². The quantitative estimate of drug-likeness (QED) is 0.479. The van der Waals surface area contributed by atoms with Crippen molar-refractivity contribution in [3.05, 3.63) is 48.5 Å². The molecular weight excluding hydrogens is 148 g/mol. The second-order valence-electron chi connectivity index (χ2n) is 2.54. The van der Waals surface area contributed by atoms with Crippen LogP contribution in [0.2, 0.25) is 0 Å². The molecule has 12 heavy (non-hydrogen) atoms. The van der Waals surface area contributed by atoms with E-state index in [1.165, 1.54) is 0 Å². The monoisotopic (exact) mass is 163 g/mol. The fourth-order valence-corrected chi connectivity index (χ4v) is 0.874. The fraction of sp³-hybridized carbons (Fsp3) is 0.273. The molecule has 0 aliphatic rings. The highest BCUT2D eigenvalue weighted by Gasteiger charge is 1.89. The van der Waals surface area contributed by atoms with Gasteiger partial charge in [0.15, 0.2) is 0 Å². The highest BCUT2D eigenvalue weighted by atomic mass is 16.5. The lowest BCUT2D eigenvalue weighted by atomic mass is 10.2. The summed E-state index contributed by atoms with van der Waals surface area (Å²) >= 11 is 0. The van der Waals surface area contributed by atoms with Crippen molar-refractivity contribution in [2.24, 2.45) is 0 Å². The Hall–Kier alpha value is -1.08. The molecule has 0 heterocycles. The average molecular weight is 163 g/mol. The first-order valence-corrected chi connectivity index (χ1v) is 4.07. The zero-order valence-corrected chi connectivity index (χ0v) is 7.12. The summed E-state index contributed by atoms with van der Waals surface area (Å²) < 4.78 is 12.6. The topological polar surface area (TPSA) is 9.23 Å². The maximum atomic E-state index is 7.28. The molecule has 1 aromatic carbocycles. The maximum absolute atomic E-state index is 7.28. The Bertz CT molecular complexity index is 253. The Morgan fingerprint density at radius 3 is 2.92 bits per heavy atom. The van der Waals surface area contributed by atoms with Crippen LogP contribution in [0.15, 0.2) is 43.0 Å². The normalized spacial score (nSPS) is 10.8. The lowest BCUT2D eigenvalue weighted by molar-refractivity contribution is 0.125. The van der Waals surface area contributed by atoms with Gasteiger partial charge in [-0.1, -0.05) is 36.4 Å². The van der Waals surface area contributed by atoms with Crippen molar-refractivity contribution in [2.45, 2.75) is 13.0 Å². The standard InChI is InChI=1S/C11H14O/c1-2-3-9-12-10-11-7-5-4-6-8-11/h2,4-8H,1,3,9-10H2/i4D. The highest BCUT2D eigenvalue weighted by Crippen LogP contribution is 2.00. The minimum Gasteiger partial charge on any atom is -0.376 e. The van der Waals surface area contributed by atoms with Gasteiger partial charge in [-0.3, -0.25) is 0 Å². The molecule has 0 N–H and O–H groups in total. The Balaban J connectivity index is 2.28. The van der Waals surface area contributed by atoms with Crippen molar-refractivity contribution in [1.82, 2.24) is 0 Å². The van der Waals surface area contributed by atoms with Crippen LogP contribution in [-0.2, 0) is 11.3 Å². The fourth-order valence-electron chi connectivity index (χ4n) is 0.874. The molecular formula is C11H14O. The summed E-state index contributed by atoms with van der Waals surface area (Å²) in [5.41, 5.74) is 1.11. The van der Waals surface area contributed by atoms with E-state index in [4.69, 9.17) is 6.11 Å². The van der Waals surface area contributed by atoms with E-state index in [9.17, 15) is 0 Å². The van der Waals surface area contributed by atoms with Gasteiger partial charge in [0.25, 0.3) is 0 Å². The van der Waals surface area contributed by atoms with Gasteiger partial charge in [0.1, 0.15) is 0 Å². The summed E-state index contributed by atoms with van der Waals surface area (Å²) in [6.07, 6.45) is 2.73. The predicted octanol–water partition coefficient (Wildman–Crippen LogP) is 2.78. The van der Waals surface area contributed by atoms with Crippen LogP contribution in [0.25, 0.3) is 0 Å². The van der Waals surface area contributed by atoms with E-state index in [0.29, 0.717) is 19.3 Å². The zero-order chi connectivity index (χ0) is 9.52. The minimum atomic E-state index is 0.537. The number of ether oxygens (including phenoxy) is 1. The molecule has 1 rings (SSSR count). The molecule has 1 nitrogen and oxygen atoms in total. The van der Waals surface area contributed by atoms with E-state index in [-0.39, 0.29) is 0 Å². The Kier molecular flexibility index (Phi) is 3.50. The van der Waals surface area contributed by atoms with E-state index >= 15 is 0 Å². The van der Waals surface area contributed by atoms with E-state index in [0.717, 1.165) is 12.0 Å². The van der Waals surface area contributed by atoms with Crippen LogP contribution in [0.3, 0.4) is 0 Å². The summed E-state index contributed by atoms with van der Waals surface area (Å²) in [6.45, 7) is 4.95. The third-order valence-electron chi connectivity index (χ3n) is 1.52. The van der Waals surface area contributed by atoms with Crippen LogP contribution in [0.5, 0.6) is 0 Å². The van der Waals surface area contributed by atoms with Crippen molar-refractivity contribution >= 4 is 0 Å². The lowest BCUT2D eigenvalue weighted by Crippen LogP contribution is -1.93. The van der Waals surface area contributed by atoms with Crippen LogP contribution < -0.4 is 0 Å². The lowest BCUT2D eigenvalue weighted by Gasteiger charge is -2.01. The minimum absolute atomic E-state index is 0.537. The number of hydrogen-bond acceptors (Lipinski definition) is 1. The second kappa shape index (κ2) is 5.56. The van der Waals surface area contributed by atoms with E-state index in [2.05, 4.69) is 6.58 Å². The van der Waals surface area contributed by atoms with Crippen molar-refractivity contribution in [3.8, 4) is 0 Å². The molecule has 0 spiro atoms. The molecule has 1 heteroatoms. The maximum Gasteiger partial charge on any atom is 0.0717 e. The van der Waals surface area contributed by atoms with Crippen LogP contribution in [0.4, 0.5) is 0 Å². The first-order valence-electron chi connectivity index (χ1n) is 4.57. The summed E-state index contributed by atoms with van der Waals surface area (Å²) in [6, 6.07) is 7.90. The number of benzene rings is 1. The van der Waals surface area contributed by atoms with Crippen LogP contribution in [0, 0.1) is 0 Å². The molecule has 0 saturated heterocycles. The molecule has 0 unspecified atom stereocenters. The Labute approximate surface area is 75.1 Å². The van der Waals surface area contributed by atoms with E-state index < -0.39 is 0 Å². The van der Waals surface area contributed by atoms with Gasteiger partial charge in [0.05, 0.1) is 14.6 Å². The van der Waals surface area contributed by atoms with Crippen molar-refractivity contribution < 1.29 is 6.11 Å². The van der Waals surface area contributed by atoms with Gasteiger partial charge in [0, 0.05) is 0 Å². The molecule has 0 amide bonds. The van der Waals surface area contributed by atoms with Gasteiger partial charge in [-0.15, -0.1) is 6.58 Å². The third-order valence-corrected chi connectivity index (χ3v) is 1.52. The Morgan fingerprint density at radius 2 is 2.25 bits per heavy atom. The first kappa shape index (κ1) is 7.56. The second-order valence-corrected chi connectivity index (χ2v) is 2.54. The van der Waals surface area contributed by atoms with Crippen molar-refractivity contribution in [3.63, 3.8) is 0 Å². The molecule has 0 bridgehead atoms. The molecule has 0 aliphatic carbocycles. The highest BCUT2D eigenvalue weighted by molar-refractivity contribution is 5.13. The number of rotatable bonds is 5. The molecule has 0 aromatic heterocycles. The molecule has 0 fully saturated rings. The van der Waals surface area contributed by atoms with Crippen molar-refractivity contribution in [2.75, 3.05) is 6.61 Å². The number of hydrogen-bond donors (Lipinski definition) is 0. The summed E-state index contributed by atoms with van der Waals surface area (Å²) in [5, 5.41) is 0. The van der Waals surface area contributed by atoms with Gasteiger partial charge < -0.3 is 4.74 Å². The summed E-state index contributed by atoms with van der Waals surface area (Å²) in [5.74, 6) is 0. The molecule has 0 aliphatic heterocycles. The first-order chi connectivity index (χ1) is 6.33. The summed E-state index contributed by atoms with van der Waals surface area (Å²) in [4.78, 5) is 0. The predicted molar refractivity (Wildman–Crippen MR) is 50.9 cm³/mol. The van der Waals surface area contributed by atoms with Gasteiger partial charge >= 0.3 is 0 Å². The van der Waals surface area contributed by atoms with Gasteiger partial charge in [-0.05, 0) is 12.0 Å². The molecule has 1 aromatic rings. The smallest absolute Gasteiger partial charge is 0.0717 e. The van der Waals surface area contributed by atoms with Gasteiger partial charge in [-0.25, -0.2) is 0 Å². The van der Waals surface area contributed by atoms with Gasteiger partial charge in [-0.2, -0.15) is 0 Å². The molecule has 64 valence electrons. The SMILES string of the molecule is [2H]c1ccc(COCCC=C)cc1. The summed E-state index contributed by atoms with van der Waals surface area (Å²) in [7, 11) is 0. The zero-order valence-electron chi connectivity index (χ0n) is 8.12. The Morgan fingerprint density at radius 1 is 1.50 bits per heavy atom. The van der Waals surface area contributed by atoms with Crippen LogP contribution in [-0.4, -0.2) is 6.61 Å². The van der Waals surface area contributed by atoms with Gasteiger partial charge in [0.2, 0.25) is 0 Å². The molecule has 0 radical (unpaired) electrons. The van der Waals surface area contributed by atoms with E-state index in [1.807, 2.05) is 18.2 Å². The molecule has 0 atom stereocenters. The largest absolute Gasteiger partial charge is 0.376 e.